The van der Waals surface area contributed by atoms with Gasteiger partial charge in [0.2, 0.25) is 0 Å². The molecule has 82 valence electrons. The summed E-state index contributed by atoms with van der Waals surface area (Å²) in [6, 6.07) is 3.04. The molecule has 0 saturated heterocycles. The fraction of sp³-hybridized carbons (Fsp3) is 0. The van der Waals surface area contributed by atoms with E-state index < -0.39 is 17.0 Å². The van der Waals surface area contributed by atoms with Crippen LogP contribution in [0.5, 0.6) is 0 Å². The van der Waals surface area contributed by atoms with Crippen molar-refractivity contribution in [3.05, 3.63) is 42.9 Å². The summed E-state index contributed by atoms with van der Waals surface area (Å²) in [5.41, 5.74) is 4.26. The molecular formula is C9H6BrN3O3. The third-order valence-corrected chi connectivity index (χ3v) is 2.52. The number of aromatic amines is 2. The summed E-state index contributed by atoms with van der Waals surface area (Å²) in [6.07, 6.45) is 0. The Labute approximate surface area is 96.6 Å². The predicted octanol–water partition coefficient (Wildman–Crippen LogP) is 0.0778. The molecule has 0 spiro atoms. The highest BCUT2D eigenvalue weighted by atomic mass is 79.9. The number of primary amides is 1. The van der Waals surface area contributed by atoms with Gasteiger partial charge < -0.3 is 15.7 Å². The Hall–Kier alpha value is -1.89. The van der Waals surface area contributed by atoms with E-state index in [-0.39, 0.29) is 11.1 Å². The molecule has 1 heterocycles. The molecule has 4 N–H and O–H groups in total. The summed E-state index contributed by atoms with van der Waals surface area (Å²) in [7, 11) is 0. The highest BCUT2D eigenvalue weighted by Gasteiger charge is 2.10. The lowest BCUT2D eigenvalue weighted by Gasteiger charge is -2.03. The number of hydrogen-bond acceptors (Lipinski definition) is 3. The smallest absolute Gasteiger partial charge is 0.314 e. The van der Waals surface area contributed by atoms with Crippen LogP contribution in [-0.4, -0.2) is 15.9 Å². The van der Waals surface area contributed by atoms with Crippen LogP contribution in [0.25, 0.3) is 11.0 Å². The summed E-state index contributed by atoms with van der Waals surface area (Å²) in [5, 5.41) is 0. The zero-order valence-corrected chi connectivity index (χ0v) is 9.42. The number of nitrogens with one attached hydrogen (secondary N) is 2. The van der Waals surface area contributed by atoms with Crippen LogP contribution >= 0.6 is 15.9 Å². The van der Waals surface area contributed by atoms with Gasteiger partial charge in [0.15, 0.2) is 0 Å². The van der Waals surface area contributed by atoms with Crippen molar-refractivity contribution >= 4 is 32.9 Å². The molecular weight excluding hydrogens is 278 g/mol. The maximum atomic E-state index is 11.2. The van der Waals surface area contributed by atoms with Crippen LogP contribution < -0.4 is 16.9 Å². The van der Waals surface area contributed by atoms with Gasteiger partial charge in [-0.2, -0.15) is 0 Å². The second-order valence-electron chi connectivity index (χ2n) is 3.15. The molecule has 0 aliphatic heterocycles. The molecule has 2 rings (SSSR count). The van der Waals surface area contributed by atoms with Crippen molar-refractivity contribution in [2.45, 2.75) is 0 Å². The number of amides is 1. The minimum absolute atomic E-state index is 0.137. The molecule has 1 amide bonds. The first-order valence-electron chi connectivity index (χ1n) is 4.24. The molecule has 7 heteroatoms. The second kappa shape index (κ2) is 3.60. The summed E-state index contributed by atoms with van der Waals surface area (Å²) in [4.78, 5) is 38.0. The van der Waals surface area contributed by atoms with E-state index in [1.165, 1.54) is 6.07 Å². The zero-order chi connectivity index (χ0) is 11.9. The molecule has 16 heavy (non-hydrogen) atoms. The fourth-order valence-electron chi connectivity index (χ4n) is 1.38. The minimum Gasteiger partial charge on any atom is -0.366 e. The molecule has 0 unspecified atom stereocenters. The first kappa shape index (κ1) is 10.6. The first-order chi connectivity index (χ1) is 7.49. The number of hydrogen-bond donors (Lipinski definition) is 3. The number of fused-ring (bicyclic) bond motifs is 1. The number of aromatic nitrogens is 2. The standard InChI is InChI=1S/C9H6BrN3O3/c10-3-1-4(7(11)14)6-5(2-3)12-8(15)9(16)13-6/h1-2H,(H2,11,14)(H,12,15)(H,13,16). The number of rotatable bonds is 1. The lowest BCUT2D eigenvalue weighted by atomic mass is 10.1. The molecule has 2 aromatic rings. The molecule has 0 saturated carbocycles. The maximum absolute atomic E-state index is 11.2. The van der Waals surface area contributed by atoms with Crippen LogP contribution in [0.4, 0.5) is 0 Å². The Morgan fingerprint density at radius 1 is 1.19 bits per heavy atom. The van der Waals surface area contributed by atoms with Gasteiger partial charge in [-0.25, -0.2) is 0 Å². The zero-order valence-electron chi connectivity index (χ0n) is 7.83. The minimum atomic E-state index is -0.822. The molecule has 0 fully saturated rings. The van der Waals surface area contributed by atoms with Gasteiger partial charge in [-0.3, -0.25) is 14.4 Å². The molecule has 0 bridgehead atoms. The van der Waals surface area contributed by atoms with Gasteiger partial charge in [-0.15, -0.1) is 0 Å². The molecule has 6 nitrogen and oxygen atoms in total. The van der Waals surface area contributed by atoms with Crippen LogP contribution in [0.1, 0.15) is 10.4 Å². The average Bonchev–Trinajstić information content (AvgIpc) is 2.19. The number of carbonyl (C=O) groups excluding carboxylic acids is 1. The van der Waals surface area contributed by atoms with Crippen molar-refractivity contribution in [1.29, 1.82) is 0 Å². The van der Waals surface area contributed by atoms with E-state index in [1.54, 1.807) is 6.07 Å². The molecule has 0 aliphatic carbocycles. The van der Waals surface area contributed by atoms with Crippen molar-refractivity contribution in [2.75, 3.05) is 0 Å². The van der Waals surface area contributed by atoms with E-state index in [9.17, 15) is 14.4 Å². The molecule has 1 aromatic heterocycles. The van der Waals surface area contributed by atoms with E-state index in [0.717, 1.165) is 0 Å². The highest BCUT2D eigenvalue weighted by Crippen LogP contribution is 2.19. The second-order valence-corrected chi connectivity index (χ2v) is 4.06. The lowest BCUT2D eigenvalue weighted by molar-refractivity contribution is 0.100. The van der Waals surface area contributed by atoms with Gasteiger partial charge >= 0.3 is 11.1 Å². The molecule has 0 atom stereocenters. The Kier molecular flexibility index (Phi) is 2.39. The molecule has 0 aliphatic rings. The van der Waals surface area contributed by atoms with Gasteiger partial charge in [-0.05, 0) is 12.1 Å². The van der Waals surface area contributed by atoms with Crippen molar-refractivity contribution in [3.63, 3.8) is 0 Å². The maximum Gasteiger partial charge on any atom is 0.314 e. The van der Waals surface area contributed by atoms with Gasteiger partial charge in [0, 0.05) is 4.47 Å². The SMILES string of the molecule is NC(=O)c1cc(Br)cc2[nH]c(=O)c(=O)[nH]c12. The highest BCUT2D eigenvalue weighted by molar-refractivity contribution is 9.10. The van der Waals surface area contributed by atoms with E-state index >= 15 is 0 Å². The number of nitrogens with two attached hydrogens (primary N) is 1. The van der Waals surface area contributed by atoms with E-state index in [2.05, 4.69) is 25.9 Å². The Morgan fingerprint density at radius 2 is 1.81 bits per heavy atom. The van der Waals surface area contributed by atoms with Gasteiger partial charge in [0.1, 0.15) is 0 Å². The third-order valence-electron chi connectivity index (χ3n) is 2.06. The number of carbonyl (C=O) groups is 1. The van der Waals surface area contributed by atoms with E-state index in [1.807, 2.05) is 0 Å². The van der Waals surface area contributed by atoms with Crippen molar-refractivity contribution in [1.82, 2.24) is 9.97 Å². The summed E-state index contributed by atoms with van der Waals surface area (Å²) in [6.45, 7) is 0. The topological polar surface area (TPSA) is 109 Å². The Balaban J connectivity index is 3.02. The lowest BCUT2D eigenvalue weighted by Crippen LogP contribution is -2.29. The van der Waals surface area contributed by atoms with Crippen LogP contribution in [0.2, 0.25) is 0 Å². The summed E-state index contributed by atoms with van der Waals surface area (Å²) < 4.78 is 0.580. The average molecular weight is 284 g/mol. The van der Waals surface area contributed by atoms with Crippen molar-refractivity contribution in [3.8, 4) is 0 Å². The Bertz CT molecular complexity index is 701. The number of benzene rings is 1. The van der Waals surface area contributed by atoms with Gasteiger partial charge in [-0.1, -0.05) is 15.9 Å². The largest absolute Gasteiger partial charge is 0.366 e. The van der Waals surface area contributed by atoms with E-state index in [0.29, 0.717) is 9.99 Å². The first-order valence-corrected chi connectivity index (χ1v) is 5.04. The van der Waals surface area contributed by atoms with Crippen LogP contribution in [0.15, 0.2) is 26.2 Å². The van der Waals surface area contributed by atoms with Crippen LogP contribution in [0.3, 0.4) is 0 Å². The normalized spacial score (nSPS) is 10.6. The summed E-state index contributed by atoms with van der Waals surface area (Å²) in [5.74, 6) is -0.686. The Morgan fingerprint density at radius 3 is 2.44 bits per heavy atom. The third kappa shape index (κ3) is 1.65. The van der Waals surface area contributed by atoms with E-state index in [4.69, 9.17) is 5.73 Å². The van der Waals surface area contributed by atoms with Crippen molar-refractivity contribution in [2.24, 2.45) is 5.73 Å². The quantitative estimate of drug-likeness (QED) is 0.645. The number of H-pyrrole nitrogens is 2. The van der Waals surface area contributed by atoms with Crippen molar-refractivity contribution < 1.29 is 4.79 Å². The van der Waals surface area contributed by atoms with Gasteiger partial charge in [0.25, 0.3) is 5.91 Å². The number of halogens is 1. The van der Waals surface area contributed by atoms with Crippen LogP contribution in [-0.2, 0) is 0 Å². The molecule has 1 aromatic carbocycles. The van der Waals surface area contributed by atoms with Gasteiger partial charge in [0.05, 0.1) is 16.6 Å². The molecule has 0 radical (unpaired) electrons. The summed E-state index contributed by atoms with van der Waals surface area (Å²) >= 11 is 3.17. The van der Waals surface area contributed by atoms with Crippen LogP contribution in [0, 0.1) is 0 Å². The predicted molar refractivity (Wildman–Crippen MR) is 61.4 cm³/mol. The fourth-order valence-corrected chi connectivity index (χ4v) is 1.84. The monoisotopic (exact) mass is 283 g/mol.